The number of pyridine rings is 1. The van der Waals surface area contributed by atoms with Gasteiger partial charge in [-0.15, -0.1) is 0 Å². The topological polar surface area (TPSA) is 111 Å². The van der Waals surface area contributed by atoms with Gasteiger partial charge >= 0.3 is 0 Å². The Balaban J connectivity index is 2.05. The van der Waals surface area contributed by atoms with Crippen LogP contribution in [-0.2, 0) is 16.4 Å². The van der Waals surface area contributed by atoms with Gasteiger partial charge in [0.1, 0.15) is 0 Å². The van der Waals surface area contributed by atoms with E-state index in [9.17, 15) is 8.42 Å². The van der Waals surface area contributed by atoms with Gasteiger partial charge in [0, 0.05) is 36.2 Å². The third-order valence-corrected chi connectivity index (χ3v) is 3.59. The van der Waals surface area contributed by atoms with Crippen LogP contribution in [0.1, 0.15) is 5.69 Å². The molecule has 0 amide bonds. The number of aromatic nitrogens is 1. The van der Waals surface area contributed by atoms with E-state index in [-0.39, 0.29) is 4.90 Å². The highest BCUT2D eigenvalue weighted by molar-refractivity contribution is 7.89. The number of primary sulfonamides is 1. The Kier molecular flexibility index (Phi) is 4.21. The molecule has 0 unspecified atom stereocenters. The van der Waals surface area contributed by atoms with Crippen molar-refractivity contribution in [3.63, 3.8) is 0 Å². The monoisotopic (exact) mass is 292 g/mol. The van der Waals surface area contributed by atoms with E-state index >= 15 is 0 Å². The Bertz CT molecular complexity index is 687. The van der Waals surface area contributed by atoms with Crippen LogP contribution in [0.3, 0.4) is 0 Å². The van der Waals surface area contributed by atoms with Gasteiger partial charge in [-0.3, -0.25) is 4.98 Å². The minimum Gasteiger partial charge on any atom is -0.399 e. The highest BCUT2D eigenvalue weighted by Crippen LogP contribution is 2.19. The second-order valence-electron chi connectivity index (χ2n) is 4.33. The molecule has 0 radical (unpaired) electrons. The summed E-state index contributed by atoms with van der Waals surface area (Å²) < 4.78 is 22.6. The van der Waals surface area contributed by atoms with Crippen molar-refractivity contribution in [2.45, 2.75) is 11.3 Å². The number of hydrogen-bond acceptors (Lipinski definition) is 5. The zero-order valence-electron chi connectivity index (χ0n) is 10.8. The zero-order chi connectivity index (χ0) is 14.6. The molecule has 0 aliphatic carbocycles. The molecule has 0 bridgehead atoms. The molecule has 0 fully saturated rings. The van der Waals surface area contributed by atoms with Crippen LogP contribution in [0, 0.1) is 0 Å². The van der Waals surface area contributed by atoms with Gasteiger partial charge in [0.15, 0.2) is 0 Å². The maximum absolute atomic E-state index is 11.3. The maximum atomic E-state index is 11.3. The lowest BCUT2D eigenvalue weighted by molar-refractivity contribution is 0.598. The summed E-state index contributed by atoms with van der Waals surface area (Å²) >= 11 is 0. The Morgan fingerprint density at radius 2 is 2.00 bits per heavy atom. The summed E-state index contributed by atoms with van der Waals surface area (Å²) in [4.78, 5) is 4.20. The van der Waals surface area contributed by atoms with E-state index in [0.29, 0.717) is 17.9 Å². The van der Waals surface area contributed by atoms with Crippen molar-refractivity contribution >= 4 is 21.4 Å². The lowest BCUT2D eigenvalue weighted by Gasteiger charge is -2.09. The van der Waals surface area contributed by atoms with Gasteiger partial charge in [0.05, 0.1) is 4.90 Å². The van der Waals surface area contributed by atoms with Crippen molar-refractivity contribution in [2.75, 3.05) is 17.6 Å². The molecule has 2 rings (SSSR count). The van der Waals surface area contributed by atoms with Crippen LogP contribution in [0.2, 0.25) is 0 Å². The fourth-order valence-corrected chi connectivity index (χ4v) is 2.36. The normalized spacial score (nSPS) is 11.2. The molecule has 0 atom stereocenters. The molecular formula is C13H16N4O2S. The van der Waals surface area contributed by atoms with Crippen molar-refractivity contribution in [1.29, 1.82) is 0 Å². The minimum absolute atomic E-state index is 0.00200. The maximum Gasteiger partial charge on any atom is 0.238 e. The van der Waals surface area contributed by atoms with E-state index in [2.05, 4.69) is 10.3 Å². The van der Waals surface area contributed by atoms with E-state index in [1.807, 2.05) is 18.2 Å². The number of benzene rings is 1. The van der Waals surface area contributed by atoms with Gasteiger partial charge < -0.3 is 11.1 Å². The Morgan fingerprint density at radius 3 is 2.65 bits per heavy atom. The molecule has 2 aromatic rings. The summed E-state index contributed by atoms with van der Waals surface area (Å²) in [5.41, 5.74) is 7.58. The van der Waals surface area contributed by atoms with Crippen LogP contribution in [0.15, 0.2) is 47.5 Å². The highest BCUT2D eigenvalue weighted by Gasteiger charge is 2.09. The number of sulfonamides is 1. The molecule has 0 spiro atoms. The molecule has 0 aliphatic rings. The minimum atomic E-state index is -3.76. The first-order valence-corrected chi connectivity index (χ1v) is 7.57. The number of rotatable bonds is 5. The first-order valence-electron chi connectivity index (χ1n) is 6.02. The third-order valence-electron chi connectivity index (χ3n) is 2.69. The number of anilines is 2. The molecule has 7 heteroatoms. The van der Waals surface area contributed by atoms with Gasteiger partial charge in [-0.25, -0.2) is 13.6 Å². The summed E-state index contributed by atoms with van der Waals surface area (Å²) in [6.45, 7) is 0.616. The number of nitrogens with zero attached hydrogens (tertiary/aromatic N) is 1. The Morgan fingerprint density at radius 1 is 1.20 bits per heavy atom. The van der Waals surface area contributed by atoms with Crippen molar-refractivity contribution in [1.82, 2.24) is 4.98 Å². The predicted octanol–water partition coefficient (Wildman–Crippen LogP) is 0.966. The van der Waals surface area contributed by atoms with Gasteiger partial charge in [0.25, 0.3) is 0 Å². The van der Waals surface area contributed by atoms with Crippen molar-refractivity contribution in [3.05, 3.63) is 48.3 Å². The summed E-state index contributed by atoms with van der Waals surface area (Å²) in [5, 5.41) is 8.20. The van der Waals surface area contributed by atoms with Gasteiger partial charge in [-0.1, -0.05) is 6.07 Å². The molecule has 20 heavy (non-hydrogen) atoms. The lowest BCUT2D eigenvalue weighted by Crippen LogP contribution is -2.13. The molecule has 0 saturated carbocycles. The summed E-state index contributed by atoms with van der Waals surface area (Å²) in [6.07, 6.45) is 2.45. The van der Waals surface area contributed by atoms with Gasteiger partial charge in [-0.05, 0) is 30.3 Å². The smallest absolute Gasteiger partial charge is 0.238 e. The molecule has 1 aromatic carbocycles. The van der Waals surface area contributed by atoms with E-state index < -0.39 is 10.0 Å². The quantitative estimate of drug-likeness (QED) is 0.711. The summed E-state index contributed by atoms with van der Waals surface area (Å²) in [5.74, 6) is 0. The van der Waals surface area contributed by atoms with Crippen LogP contribution < -0.4 is 16.2 Å². The second-order valence-corrected chi connectivity index (χ2v) is 5.90. The fourth-order valence-electron chi connectivity index (χ4n) is 1.77. The largest absolute Gasteiger partial charge is 0.399 e. The van der Waals surface area contributed by atoms with E-state index in [1.165, 1.54) is 12.1 Å². The number of nitrogen functional groups attached to an aromatic ring is 1. The molecule has 6 nitrogen and oxygen atoms in total. The third kappa shape index (κ3) is 3.94. The SMILES string of the molecule is Nc1cc(NCCc2ccccn2)cc(S(N)(=O)=O)c1. The number of nitrogens with one attached hydrogen (secondary N) is 1. The average Bonchev–Trinajstić information content (AvgIpc) is 2.38. The first kappa shape index (κ1) is 14.3. The van der Waals surface area contributed by atoms with Crippen LogP contribution in [0.25, 0.3) is 0 Å². The fraction of sp³-hybridized carbons (Fsp3) is 0.154. The van der Waals surface area contributed by atoms with E-state index in [0.717, 1.165) is 12.1 Å². The van der Waals surface area contributed by atoms with Crippen LogP contribution in [-0.4, -0.2) is 19.9 Å². The highest BCUT2D eigenvalue weighted by atomic mass is 32.2. The number of nitrogens with two attached hydrogens (primary N) is 2. The summed E-state index contributed by atoms with van der Waals surface area (Å²) in [6, 6.07) is 10.2. The molecule has 0 aliphatic heterocycles. The van der Waals surface area contributed by atoms with Crippen molar-refractivity contribution in [2.24, 2.45) is 5.14 Å². The lowest BCUT2D eigenvalue weighted by atomic mass is 10.2. The van der Waals surface area contributed by atoms with Crippen LogP contribution >= 0.6 is 0 Å². The molecule has 1 aromatic heterocycles. The molecule has 106 valence electrons. The van der Waals surface area contributed by atoms with Gasteiger partial charge in [0.2, 0.25) is 10.0 Å². The summed E-state index contributed by atoms with van der Waals surface area (Å²) in [7, 11) is -3.76. The van der Waals surface area contributed by atoms with E-state index in [4.69, 9.17) is 10.9 Å². The predicted molar refractivity (Wildman–Crippen MR) is 78.7 cm³/mol. The first-order chi connectivity index (χ1) is 9.45. The molecule has 1 heterocycles. The van der Waals surface area contributed by atoms with Crippen LogP contribution in [0.5, 0.6) is 0 Å². The molecule has 5 N–H and O–H groups in total. The molecular weight excluding hydrogens is 276 g/mol. The standard InChI is InChI=1S/C13H16N4O2S/c14-10-7-12(9-13(8-10)20(15,18)19)17-6-4-11-3-1-2-5-16-11/h1-3,5,7-9,17H,4,6,14H2,(H2,15,18,19). The van der Waals surface area contributed by atoms with Gasteiger partial charge in [-0.2, -0.15) is 0 Å². The van der Waals surface area contributed by atoms with Crippen molar-refractivity contribution in [3.8, 4) is 0 Å². The second kappa shape index (κ2) is 5.89. The van der Waals surface area contributed by atoms with Crippen LogP contribution in [0.4, 0.5) is 11.4 Å². The molecule has 0 saturated heterocycles. The zero-order valence-corrected chi connectivity index (χ0v) is 11.6. The van der Waals surface area contributed by atoms with E-state index in [1.54, 1.807) is 12.3 Å². The van der Waals surface area contributed by atoms with Crippen molar-refractivity contribution < 1.29 is 8.42 Å². The average molecular weight is 292 g/mol. The number of hydrogen-bond donors (Lipinski definition) is 3. The Hall–Kier alpha value is -2.12. The Labute approximate surface area is 117 Å².